The maximum atomic E-state index is 12.1. The highest BCUT2D eigenvalue weighted by molar-refractivity contribution is 7.45. The molecular weight excluding hydrogens is 349 g/mol. The first-order chi connectivity index (χ1) is 11.5. The van der Waals surface area contributed by atoms with Crippen LogP contribution in [0.25, 0.3) is 0 Å². The van der Waals surface area contributed by atoms with E-state index in [1.54, 1.807) is 0 Å². The maximum Gasteiger partial charge on any atom is 0.309 e. The number of likely N-dealkylation sites (N-methyl/N-ethyl adjacent to an activating group) is 1. The third-order valence-electron chi connectivity index (χ3n) is 3.65. The van der Waals surface area contributed by atoms with Crippen LogP contribution in [-0.2, 0) is 23.1 Å². The molecule has 0 spiro atoms. The number of quaternary nitrogens is 1. The highest BCUT2D eigenvalue weighted by Crippen LogP contribution is 2.38. The normalized spacial score (nSPS) is 16.9. The minimum absolute atomic E-state index is 0.0111. The number of ether oxygens (including phenoxy) is 1. The monoisotopic (exact) mass is 383 g/mol. The second-order valence-electron chi connectivity index (χ2n) is 7.08. The van der Waals surface area contributed by atoms with Crippen molar-refractivity contribution < 1.29 is 37.6 Å². The van der Waals surface area contributed by atoms with Crippen LogP contribution in [-0.4, -0.2) is 69.2 Å². The van der Waals surface area contributed by atoms with Gasteiger partial charge in [0.15, 0.2) is 0 Å². The van der Waals surface area contributed by atoms with Crippen LogP contribution in [0, 0.1) is 5.92 Å². The van der Waals surface area contributed by atoms with E-state index >= 15 is 0 Å². The van der Waals surface area contributed by atoms with Gasteiger partial charge in [-0.15, -0.1) is 0 Å². The largest absolute Gasteiger partial charge is 0.756 e. The molecule has 1 N–H and O–H groups in total. The highest BCUT2D eigenvalue weighted by Gasteiger charge is 2.23. The quantitative estimate of drug-likeness (QED) is 0.274. The molecule has 150 valence electrons. The minimum atomic E-state index is -4.50. The second kappa shape index (κ2) is 12.0. The van der Waals surface area contributed by atoms with Gasteiger partial charge in [0.25, 0.3) is 7.82 Å². The topological polar surface area (TPSA) is 105 Å². The van der Waals surface area contributed by atoms with Gasteiger partial charge in [-0.05, 0) is 12.8 Å². The zero-order chi connectivity index (χ0) is 19.5. The lowest BCUT2D eigenvalue weighted by molar-refractivity contribution is -0.870. The molecule has 0 fully saturated rings. The molecule has 8 nitrogen and oxygen atoms in total. The van der Waals surface area contributed by atoms with Crippen molar-refractivity contribution in [1.82, 2.24) is 0 Å². The summed E-state index contributed by atoms with van der Waals surface area (Å²) in [4.78, 5) is 23.8. The van der Waals surface area contributed by atoms with Crippen molar-refractivity contribution in [2.24, 2.45) is 5.92 Å². The van der Waals surface area contributed by atoms with Gasteiger partial charge in [-0.25, -0.2) is 0 Å². The van der Waals surface area contributed by atoms with Crippen LogP contribution in [0.4, 0.5) is 0 Å². The van der Waals surface area contributed by atoms with Gasteiger partial charge in [-0.2, -0.15) is 0 Å². The molecule has 0 aromatic heterocycles. The van der Waals surface area contributed by atoms with Crippen LogP contribution in [0.5, 0.6) is 0 Å². The molecule has 0 saturated carbocycles. The maximum absolute atomic E-state index is 12.1. The molecule has 25 heavy (non-hydrogen) atoms. The lowest BCUT2D eigenvalue weighted by Crippen LogP contribution is -2.37. The molecule has 0 aliphatic carbocycles. The number of hydrogen-bond donors (Lipinski definition) is 1. The van der Waals surface area contributed by atoms with Gasteiger partial charge in [-0.1, -0.05) is 26.7 Å². The van der Waals surface area contributed by atoms with E-state index in [0.717, 1.165) is 12.8 Å². The summed E-state index contributed by atoms with van der Waals surface area (Å²) in [5.41, 5.74) is 0. The first kappa shape index (κ1) is 24.5. The van der Waals surface area contributed by atoms with Crippen molar-refractivity contribution in [3.8, 4) is 0 Å². The van der Waals surface area contributed by atoms with Crippen LogP contribution in [0.15, 0.2) is 0 Å². The fourth-order valence-electron chi connectivity index (χ4n) is 1.96. The van der Waals surface area contributed by atoms with Crippen molar-refractivity contribution >= 4 is 13.8 Å². The van der Waals surface area contributed by atoms with E-state index < -0.39 is 33.1 Å². The van der Waals surface area contributed by atoms with E-state index in [1.807, 2.05) is 35.0 Å². The Labute approximate surface area is 151 Å². The number of esters is 1. The van der Waals surface area contributed by atoms with Gasteiger partial charge < -0.3 is 28.3 Å². The minimum Gasteiger partial charge on any atom is -0.756 e. The predicted octanol–water partition coefficient (Wildman–Crippen LogP) is 1.31. The van der Waals surface area contributed by atoms with Crippen LogP contribution in [0.3, 0.4) is 0 Å². The van der Waals surface area contributed by atoms with Crippen molar-refractivity contribution in [3.05, 3.63) is 0 Å². The van der Waals surface area contributed by atoms with Gasteiger partial charge in [0.2, 0.25) is 0 Å². The molecule has 0 aromatic rings. The summed E-state index contributed by atoms with van der Waals surface area (Å²) in [5, 5.41) is 9.29. The van der Waals surface area contributed by atoms with Crippen LogP contribution >= 0.6 is 7.82 Å². The highest BCUT2D eigenvalue weighted by atomic mass is 31.2. The number of nitrogens with zero attached hydrogens (tertiary/aromatic N) is 1. The Morgan fingerprint density at radius 1 is 1.24 bits per heavy atom. The SMILES string of the molecule is CCCCC(CC)C(=O)O[C@@H](CO)COP(=O)([O-])OCC[N+](C)(C)C. The molecule has 0 amide bonds. The van der Waals surface area contributed by atoms with Crippen LogP contribution in [0.1, 0.15) is 39.5 Å². The predicted molar refractivity (Wildman–Crippen MR) is 92.7 cm³/mol. The number of unbranched alkanes of at least 4 members (excludes halogenated alkanes) is 1. The smallest absolute Gasteiger partial charge is 0.309 e. The van der Waals surface area contributed by atoms with Gasteiger partial charge in [-0.3, -0.25) is 9.36 Å². The number of carbonyl (C=O) groups excluding carboxylic acids is 1. The average molecular weight is 383 g/mol. The van der Waals surface area contributed by atoms with E-state index in [-0.39, 0.29) is 12.5 Å². The fourth-order valence-corrected chi connectivity index (χ4v) is 2.69. The van der Waals surface area contributed by atoms with Crippen molar-refractivity contribution in [2.75, 3.05) is 47.5 Å². The Balaban J connectivity index is 4.38. The number of aliphatic hydroxyl groups is 1. The van der Waals surface area contributed by atoms with Gasteiger partial charge in [0.05, 0.1) is 40.3 Å². The summed E-state index contributed by atoms with van der Waals surface area (Å²) < 4.78 is 26.9. The summed E-state index contributed by atoms with van der Waals surface area (Å²) in [6.45, 7) is 3.42. The van der Waals surface area contributed by atoms with Gasteiger partial charge in [0.1, 0.15) is 19.3 Å². The standard InChI is InChI=1S/C16H34NO7P/c1-6-8-9-14(7-2)16(19)24-15(12-18)13-23-25(20,21)22-11-10-17(3,4)5/h14-15,18H,6-13H2,1-5H3/t14?,15-/m0/s1. The van der Waals surface area contributed by atoms with Gasteiger partial charge >= 0.3 is 5.97 Å². The molecular formula is C16H34NO7P. The molecule has 0 aliphatic rings. The Bertz CT molecular complexity index is 425. The number of phosphoric acid groups is 1. The molecule has 0 radical (unpaired) electrons. The Morgan fingerprint density at radius 3 is 2.36 bits per heavy atom. The molecule has 2 unspecified atom stereocenters. The molecule has 0 rings (SSSR count). The third-order valence-corrected chi connectivity index (χ3v) is 4.61. The first-order valence-corrected chi connectivity index (χ1v) is 10.2. The Hall–Kier alpha value is -0.500. The van der Waals surface area contributed by atoms with E-state index in [9.17, 15) is 19.4 Å². The van der Waals surface area contributed by atoms with Crippen LogP contribution < -0.4 is 4.89 Å². The second-order valence-corrected chi connectivity index (χ2v) is 8.49. The molecule has 0 aliphatic heterocycles. The summed E-state index contributed by atoms with van der Waals surface area (Å²) in [7, 11) is 1.22. The first-order valence-electron chi connectivity index (χ1n) is 8.76. The summed E-state index contributed by atoms with van der Waals surface area (Å²) in [6, 6.07) is 0. The third kappa shape index (κ3) is 12.5. The Morgan fingerprint density at radius 2 is 1.88 bits per heavy atom. The van der Waals surface area contributed by atoms with Crippen LogP contribution in [0.2, 0.25) is 0 Å². The summed E-state index contributed by atoms with van der Waals surface area (Å²) in [5.74, 6) is -0.695. The van der Waals surface area contributed by atoms with Crippen molar-refractivity contribution in [1.29, 1.82) is 0 Å². The summed E-state index contributed by atoms with van der Waals surface area (Å²) in [6.07, 6.45) is 2.18. The van der Waals surface area contributed by atoms with Gasteiger partial charge in [0, 0.05) is 0 Å². The molecule has 0 bridgehead atoms. The lowest BCUT2D eigenvalue weighted by Gasteiger charge is -2.28. The number of aliphatic hydroxyl groups excluding tert-OH is 1. The summed E-state index contributed by atoms with van der Waals surface area (Å²) >= 11 is 0. The molecule has 3 atom stereocenters. The van der Waals surface area contributed by atoms with Crippen molar-refractivity contribution in [2.45, 2.75) is 45.6 Å². The van der Waals surface area contributed by atoms with E-state index in [4.69, 9.17) is 13.8 Å². The lowest BCUT2D eigenvalue weighted by atomic mass is 10.00. The van der Waals surface area contributed by atoms with Crippen molar-refractivity contribution in [3.63, 3.8) is 0 Å². The Kier molecular flexibility index (Phi) is 11.8. The number of hydrogen-bond acceptors (Lipinski definition) is 7. The van der Waals surface area contributed by atoms with E-state index in [0.29, 0.717) is 23.9 Å². The molecule has 9 heteroatoms. The van der Waals surface area contributed by atoms with E-state index in [2.05, 4.69) is 0 Å². The van der Waals surface area contributed by atoms with E-state index in [1.165, 1.54) is 0 Å². The fraction of sp³-hybridized carbons (Fsp3) is 0.938. The number of phosphoric ester groups is 1. The molecule has 0 saturated heterocycles. The molecule has 0 heterocycles. The molecule has 0 aromatic carbocycles. The zero-order valence-corrected chi connectivity index (χ0v) is 17.0. The number of carbonyl (C=O) groups is 1. The zero-order valence-electron chi connectivity index (χ0n) is 16.1. The average Bonchev–Trinajstić information content (AvgIpc) is 2.50. The number of rotatable bonds is 14.